The largest absolute Gasteiger partial charge is 0.481 e. The topological polar surface area (TPSA) is 91.8 Å². The molecule has 0 spiro atoms. The summed E-state index contributed by atoms with van der Waals surface area (Å²) in [6, 6.07) is 0. The van der Waals surface area contributed by atoms with Gasteiger partial charge in [-0.25, -0.2) is 8.42 Å². The zero-order valence-electron chi connectivity index (χ0n) is 11.4. The molecule has 0 radical (unpaired) electrons. The van der Waals surface area contributed by atoms with Crippen LogP contribution in [-0.4, -0.2) is 55.4 Å². The first-order chi connectivity index (χ1) is 8.70. The lowest BCUT2D eigenvalue weighted by atomic mass is 9.77. The van der Waals surface area contributed by atoms with E-state index in [0.29, 0.717) is 25.8 Å². The SMILES string of the molecule is CCC1(C(=O)O)CCCN(C(=O)CCS(C)(=O)=O)C1. The minimum Gasteiger partial charge on any atom is -0.481 e. The van der Waals surface area contributed by atoms with E-state index in [1.807, 2.05) is 0 Å². The highest BCUT2D eigenvalue weighted by molar-refractivity contribution is 7.90. The van der Waals surface area contributed by atoms with Crippen LogP contribution in [0.25, 0.3) is 0 Å². The zero-order valence-corrected chi connectivity index (χ0v) is 12.2. The second kappa shape index (κ2) is 5.90. The van der Waals surface area contributed by atoms with Crippen molar-refractivity contribution in [2.75, 3.05) is 25.1 Å². The maximum Gasteiger partial charge on any atom is 0.311 e. The van der Waals surface area contributed by atoms with Crippen LogP contribution in [0.15, 0.2) is 0 Å². The van der Waals surface area contributed by atoms with Crippen LogP contribution in [0.4, 0.5) is 0 Å². The Hall–Kier alpha value is -1.11. The molecule has 0 aliphatic carbocycles. The molecule has 0 aromatic heterocycles. The van der Waals surface area contributed by atoms with E-state index >= 15 is 0 Å². The van der Waals surface area contributed by atoms with Gasteiger partial charge in [-0.2, -0.15) is 0 Å². The average Bonchev–Trinajstić information content (AvgIpc) is 2.34. The highest BCUT2D eigenvalue weighted by Crippen LogP contribution is 2.33. The number of carboxylic acids is 1. The lowest BCUT2D eigenvalue weighted by molar-refractivity contribution is -0.155. The molecule has 1 heterocycles. The van der Waals surface area contributed by atoms with Gasteiger partial charge in [-0.05, 0) is 19.3 Å². The van der Waals surface area contributed by atoms with Gasteiger partial charge in [0.05, 0.1) is 11.2 Å². The third-order valence-corrected chi connectivity index (χ3v) is 4.69. The molecule has 0 aromatic rings. The predicted molar refractivity (Wildman–Crippen MR) is 70.5 cm³/mol. The van der Waals surface area contributed by atoms with Crippen molar-refractivity contribution in [2.24, 2.45) is 5.41 Å². The normalized spacial score (nSPS) is 24.2. The average molecular weight is 291 g/mol. The molecule has 1 atom stereocenters. The molecular formula is C12H21NO5S. The van der Waals surface area contributed by atoms with Gasteiger partial charge in [0.2, 0.25) is 5.91 Å². The number of piperidine rings is 1. The van der Waals surface area contributed by atoms with E-state index in [9.17, 15) is 23.1 Å². The number of rotatable bonds is 5. The molecule has 110 valence electrons. The summed E-state index contributed by atoms with van der Waals surface area (Å²) in [5.41, 5.74) is -0.876. The third-order valence-electron chi connectivity index (χ3n) is 3.75. The molecule has 0 saturated carbocycles. The molecule has 1 saturated heterocycles. The molecule has 6 nitrogen and oxygen atoms in total. The molecule has 1 unspecified atom stereocenters. The van der Waals surface area contributed by atoms with Crippen molar-refractivity contribution in [3.05, 3.63) is 0 Å². The standard InChI is InChI=1S/C12H21NO5S/c1-3-12(11(15)16)6-4-7-13(9-12)10(14)5-8-19(2,17)18/h3-9H2,1-2H3,(H,15,16). The van der Waals surface area contributed by atoms with Crippen molar-refractivity contribution in [1.29, 1.82) is 0 Å². The van der Waals surface area contributed by atoms with Gasteiger partial charge < -0.3 is 10.0 Å². The molecule has 1 aliphatic rings. The van der Waals surface area contributed by atoms with E-state index in [4.69, 9.17) is 0 Å². The number of amides is 1. The number of carboxylic acid groups (broad SMARTS) is 1. The van der Waals surface area contributed by atoms with Crippen LogP contribution in [0.3, 0.4) is 0 Å². The molecule has 1 aliphatic heterocycles. The fourth-order valence-electron chi connectivity index (χ4n) is 2.39. The predicted octanol–water partition coefficient (Wildman–Crippen LogP) is 0.524. The third kappa shape index (κ3) is 4.19. The van der Waals surface area contributed by atoms with Crippen molar-refractivity contribution < 1.29 is 23.1 Å². The minimum atomic E-state index is -3.17. The van der Waals surface area contributed by atoms with Gasteiger partial charge in [-0.1, -0.05) is 6.92 Å². The number of sulfone groups is 1. The molecule has 0 bridgehead atoms. The van der Waals surface area contributed by atoms with E-state index in [-0.39, 0.29) is 24.6 Å². The van der Waals surface area contributed by atoms with Gasteiger partial charge >= 0.3 is 5.97 Å². The molecule has 1 N–H and O–H groups in total. The summed E-state index contributed by atoms with van der Waals surface area (Å²) in [7, 11) is -3.17. The summed E-state index contributed by atoms with van der Waals surface area (Å²) in [5.74, 6) is -1.34. The number of carbonyl (C=O) groups excluding carboxylic acids is 1. The fourth-order valence-corrected chi connectivity index (χ4v) is 2.94. The van der Waals surface area contributed by atoms with Gasteiger partial charge in [0.25, 0.3) is 0 Å². The molecule has 1 fully saturated rings. The molecule has 1 rings (SSSR count). The van der Waals surface area contributed by atoms with E-state index in [0.717, 1.165) is 6.26 Å². The van der Waals surface area contributed by atoms with Gasteiger partial charge in [0.15, 0.2) is 0 Å². The molecule has 1 amide bonds. The Morgan fingerprint density at radius 2 is 2.00 bits per heavy atom. The van der Waals surface area contributed by atoms with Crippen molar-refractivity contribution in [3.63, 3.8) is 0 Å². The number of aliphatic carboxylic acids is 1. The van der Waals surface area contributed by atoms with Gasteiger partial charge in [0.1, 0.15) is 9.84 Å². The smallest absolute Gasteiger partial charge is 0.311 e. The Labute approximate surface area is 113 Å². The summed E-state index contributed by atoms with van der Waals surface area (Å²) in [6.45, 7) is 2.50. The van der Waals surface area contributed by atoms with Crippen LogP contribution in [0, 0.1) is 5.41 Å². The lowest BCUT2D eigenvalue weighted by Gasteiger charge is -2.39. The zero-order chi connectivity index (χ0) is 14.7. The van der Waals surface area contributed by atoms with E-state index in [1.54, 1.807) is 6.92 Å². The summed E-state index contributed by atoms with van der Waals surface area (Å²) in [5, 5.41) is 9.31. The van der Waals surface area contributed by atoms with Gasteiger partial charge in [-0.15, -0.1) is 0 Å². The Kier molecular flexibility index (Phi) is 4.95. The van der Waals surface area contributed by atoms with E-state index < -0.39 is 21.2 Å². The number of hydrogen-bond acceptors (Lipinski definition) is 4. The number of carbonyl (C=O) groups is 2. The van der Waals surface area contributed by atoms with Crippen LogP contribution >= 0.6 is 0 Å². The summed E-state index contributed by atoms with van der Waals surface area (Å²) in [6.07, 6.45) is 2.69. The highest BCUT2D eigenvalue weighted by atomic mass is 32.2. The Bertz CT molecular complexity index is 459. The first-order valence-electron chi connectivity index (χ1n) is 6.39. The molecule has 0 aromatic carbocycles. The maximum absolute atomic E-state index is 11.9. The summed E-state index contributed by atoms with van der Waals surface area (Å²) in [4.78, 5) is 24.8. The fraction of sp³-hybridized carbons (Fsp3) is 0.833. The first-order valence-corrected chi connectivity index (χ1v) is 8.45. The lowest BCUT2D eigenvalue weighted by Crippen LogP contribution is -2.49. The Balaban J connectivity index is 2.69. The highest BCUT2D eigenvalue weighted by Gasteiger charge is 2.41. The quantitative estimate of drug-likeness (QED) is 0.797. The van der Waals surface area contributed by atoms with E-state index in [2.05, 4.69) is 0 Å². The Morgan fingerprint density at radius 1 is 1.37 bits per heavy atom. The monoisotopic (exact) mass is 291 g/mol. The Morgan fingerprint density at radius 3 is 2.47 bits per heavy atom. The minimum absolute atomic E-state index is 0.0712. The van der Waals surface area contributed by atoms with Crippen LogP contribution in [0.2, 0.25) is 0 Å². The van der Waals surface area contributed by atoms with Crippen LogP contribution in [0.5, 0.6) is 0 Å². The van der Waals surface area contributed by atoms with Crippen molar-refractivity contribution in [3.8, 4) is 0 Å². The van der Waals surface area contributed by atoms with Crippen molar-refractivity contribution >= 4 is 21.7 Å². The van der Waals surface area contributed by atoms with Crippen molar-refractivity contribution in [2.45, 2.75) is 32.6 Å². The van der Waals surface area contributed by atoms with Gasteiger partial charge in [0, 0.05) is 25.8 Å². The number of likely N-dealkylation sites (tertiary alicyclic amines) is 1. The number of nitrogens with zero attached hydrogens (tertiary/aromatic N) is 1. The maximum atomic E-state index is 11.9. The second-order valence-electron chi connectivity index (χ2n) is 5.24. The second-order valence-corrected chi connectivity index (χ2v) is 7.50. The summed E-state index contributed by atoms with van der Waals surface area (Å²) >= 11 is 0. The van der Waals surface area contributed by atoms with Crippen molar-refractivity contribution in [1.82, 2.24) is 4.90 Å². The first kappa shape index (κ1) is 15.9. The molecular weight excluding hydrogens is 270 g/mol. The molecule has 19 heavy (non-hydrogen) atoms. The van der Waals surface area contributed by atoms with Crippen LogP contribution in [0.1, 0.15) is 32.6 Å². The summed E-state index contributed by atoms with van der Waals surface area (Å²) < 4.78 is 22.1. The van der Waals surface area contributed by atoms with Gasteiger partial charge in [-0.3, -0.25) is 9.59 Å². The molecule has 7 heteroatoms. The van der Waals surface area contributed by atoms with Crippen LogP contribution < -0.4 is 0 Å². The van der Waals surface area contributed by atoms with Crippen LogP contribution in [-0.2, 0) is 19.4 Å². The number of hydrogen-bond donors (Lipinski definition) is 1. The van der Waals surface area contributed by atoms with E-state index in [1.165, 1.54) is 4.90 Å².